The van der Waals surface area contributed by atoms with Crippen molar-refractivity contribution in [2.24, 2.45) is 5.73 Å². The molecule has 0 saturated carbocycles. The fourth-order valence-electron chi connectivity index (χ4n) is 2.31. The van der Waals surface area contributed by atoms with Crippen molar-refractivity contribution in [1.29, 1.82) is 0 Å². The molecule has 1 aromatic rings. The smallest absolute Gasteiger partial charge is 0.320 e. The number of fused-ring (bicyclic) bond motifs is 1. The van der Waals surface area contributed by atoms with Gasteiger partial charge >= 0.3 is 5.97 Å². The summed E-state index contributed by atoms with van der Waals surface area (Å²) in [6.45, 7) is 0. The van der Waals surface area contributed by atoms with Crippen molar-refractivity contribution < 1.29 is 14.3 Å². The number of halogens is 1. The molecule has 0 spiro atoms. The third kappa shape index (κ3) is 2.47. The average Bonchev–Trinajstić information content (AvgIpc) is 2.33. The predicted octanol–water partition coefficient (Wildman–Crippen LogP) is 1.66. The Morgan fingerprint density at radius 3 is 2.82 bits per heavy atom. The first-order chi connectivity index (χ1) is 8.09. The van der Waals surface area contributed by atoms with Gasteiger partial charge in [-0.3, -0.25) is 4.79 Å². The highest BCUT2D eigenvalue weighted by atomic mass is 19.1. The van der Waals surface area contributed by atoms with Crippen molar-refractivity contribution in [3.63, 3.8) is 0 Å². The maximum Gasteiger partial charge on any atom is 0.320 e. The van der Waals surface area contributed by atoms with E-state index in [2.05, 4.69) is 0 Å². The number of carbonyl (C=O) groups is 1. The highest BCUT2D eigenvalue weighted by Crippen LogP contribution is 2.26. The van der Waals surface area contributed by atoms with Crippen LogP contribution in [0.15, 0.2) is 12.1 Å². The zero-order valence-corrected chi connectivity index (χ0v) is 9.58. The molecule has 1 aliphatic carbocycles. The van der Waals surface area contributed by atoms with Gasteiger partial charge in [0.15, 0.2) is 0 Å². The predicted molar refractivity (Wildman–Crippen MR) is 62.4 cm³/mol. The first kappa shape index (κ1) is 12.0. The first-order valence-electron chi connectivity index (χ1n) is 5.87. The lowest BCUT2D eigenvalue weighted by molar-refractivity contribution is -0.138. The van der Waals surface area contributed by atoms with Crippen LogP contribution in [-0.4, -0.2) is 17.1 Å². The quantitative estimate of drug-likeness (QED) is 0.840. The third-order valence-electron chi connectivity index (χ3n) is 3.30. The van der Waals surface area contributed by atoms with Crippen molar-refractivity contribution in [3.05, 3.63) is 34.6 Å². The minimum Gasteiger partial charge on any atom is -0.480 e. The van der Waals surface area contributed by atoms with E-state index in [4.69, 9.17) is 10.8 Å². The number of aliphatic carboxylic acids is 1. The van der Waals surface area contributed by atoms with Gasteiger partial charge in [0, 0.05) is 6.42 Å². The molecule has 3 nitrogen and oxygen atoms in total. The van der Waals surface area contributed by atoms with Gasteiger partial charge in [-0.2, -0.15) is 0 Å². The number of hydrogen-bond acceptors (Lipinski definition) is 2. The topological polar surface area (TPSA) is 63.3 Å². The molecular weight excluding hydrogens is 221 g/mol. The molecule has 0 bridgehead atoms. The van der Waals surface area contributed by atoms with Crippen LogP contribution in [0, 0.1) is 5.82 Å². The van der Waals surface area contributed by atoms with Crippen LogP contribution >= 0.6 is 0 Å². The maximum absolute atomic E-state index is 14.1. The summed E-state index contributed by atoms with van der Waals surface area (Å²) in [5.41, 5.74) is 7.66. The zero-order valence-electron chi connectivity index (χ0n) is 9.58. The van der Waals surface area contributed by atoms with Crippen molar-refractivity contribution in [2.45, 2.75) is 38.1 Å². The van der Waals surface area contributed by atoms with E-state index in [1.165, 1.54) is 0 Å². The van der Waals surface area contributed by atoms with Gasteiger partial charge in [0.25, 0.3) is 0 Å². The van der Waals surface area contributed by atoms with Crippen LogP contribution in [-0.2, 0) is 24.1 Å². The fraction of sp³-hybridized carbons (Fsp3) is 0.462. The van der Waals surface area contributed by atoms with E-state index in [1.54, 1.807) is 6.07 Å². The Labute approximate surface area is 99.4 Å². The van der Waals surface area contributed by atoms with Gasteiger partial charge in [-0.15, -0.1) is 0 Å². The maximum atomic E-state index is 14.1. The van der Waals surface area contributed by atoms with E-state index < -0.39 is 12.0 Å². The van der Waals surface area contributed by atoms with Crippen LogP contribution in [0.3, 0.4) is 0 Å². The number of carboxylic acids is 1. The van der Waals surface area contributed by atoms with Gasteiger partial charge < -0.3 is 10.8 Å². The molecule has 0 saturated heterocycles. The van der Waals surface area contributed by atoms with Gasteiger partial charge in [-0.25, -0.2) is 4.39 Å². The highest BCUT2D eigenvalue weighted by molar-refractivity contribution is 5.73. The Balaban J connectivity index is 2.27. The second-order valence-electron chi connectivity index (χ2n) is 4.53. The fourth-order valence-corrected chi connectivity index (χ4v) is 2.31. The number of benzene rings is 1. The van der Waals surface area contributed by atoms with E-state index >= 15 is 0 Å². The summed E-state index contributed by atoms with van der Waals surface area (Å²) >= 11 is 0. The molecule has 17 heavy (non-hydrogen) atoms. The molecule has 2 rings (SSSR count). The lowest BCUT2D eigenvalue weighted by Gasteiger charge is -2.18. The molecule has 0 amide bonds. The van der Waals surface area contributed by atoms with Crippen molar-refractivity contribution in [3.8, 4) is 0 Å². The Morgan fingerprint density at radius 2 is 2.12 bits per heavy atom. The van der Waals surface area contributed by atoms with Crippen LogP contribution in [0.2, 0.25) is 0 Å². The minimum absolute atomic E-state index is 0.0500. The molecule has 1 unspecified atom stereocenters. The van der Waals surface area contributed by atoms with Crippen LogP contribution in [0.4, 0.5) is 4.39 Å². The highest BCUT2D eigenvalue weighted by Gasteiger charge is 2.19. The standard InChI is InChI=1S/C13H16FNO2/c14-12-9(7-11(15)13(16)17)6-5-8-3-1-2-4-10(8)12/h5-6,11H,1-4,7,15H2,(H,16,17). The van der Waals surface area contributed by atoms with Crippen LogP contribution < -0.4 is 5.73 Å². The van der Waals surface area contributed by atoms with Crippen molar-refractivity contribution in [1.82, 2.24) is 0 Å². The van der Waals surface area contributed by atoms with Crippen molar-refractivity contribution >= 4 is 5.97 Å². The lowest BCUT2D eigenvalue weighted by atomic mass is 9.88. The summed E-state index contributed by atoms with van der Waals surface area (Å²) in [7, 11) is 0. The molecule has 0 radical (unpaired) electrons. The largest absolute Gasteiger partial charge is 0.480 e. The van der Waals surface area contributed by atoms with Crippen LogP contribution in [0.25, 0.3) is 0 Å². The number of aryl methyl sites for hydroxylation is 1. The summed E-state index contributed by atoms with van der Waals surface area (Å²) < 4.78 is 14.1. The normalized spacial score (nSPS) is 16.4. The molecule has 1 atom stereocenters. The molecule has 3 N–H and O–H groups in total. The minimum atomic E-state index is -1.10. The Kier molecular flexibility index (Phi) is 3.43. The van der Waals surface area contributed by atoms with Crippen LogP contribution in [0.5, 0.6) is 0 Å². The van der Waals surface area contributed by atoms with E-state index in [0.717, 1.165) is 36.8 Å². The molecule has 92 valence electrons. The van der Waals surface area contributed by atoms with Gasteiger partial charge in [-0.05, 0) is 42.4 Å². The van der Waals surface area contributed by atoms with E-state index in [1.807, 2.05) is 6.07 Å². The van der Waals surface area contributed by atoms with E-state index in [0.29, 0.717) is 5.56 Å². The zero-order chi connectivity index (χ0) is 12.4. The summed E-state index contributed by atoms with van der Waals surface area (Å²) in [6.07, 6.45) is 3.81. The van der Waals surface area contributed by atoms with E-state index in [9.17, 15) is 9.18 Å². The SMILES string of the molecule is NC(Cc1ccc2c(c1F)CCCC2)C(=O)O. The number of hydrogen-bond donors (Lipinski definition) is 2. The number of carboxylic acid groups (broad SMARTS) is 1. The molecular formula is C13H16FNO2. The van der Waals surface area contributed by atoms with Crippen molar-refractivity contribution in [2.75, 3.05) is 0 Å². The summed E-state index contributed by atoms with van der Waals surface area (Å²) in [4.78, 5) is 10.7. The molecule has 0 heterocycles. The molecule has 1 aliphatic rings. The molecule has 1 aromatic carbocycles. The third-order valence-corrected chi connectivity index (χ3v) is 3.30. The number of nitrogens with two attached hydrogens (primary N) is 1. The number of rotatable bonds is 3. The van der Waals surface area contributed by atoms with E-state index in [-0.39, 0.29) is 12.2 Å². The molecule has 4 heteroatoms. The molecule has 0 fully saturated rings. The Bertz CT molecular complexity index is 445. The second kappa shape index (κ2) is 4.84. The van der Waals surface area contributed by atoms with Gasteiger partial charge in [0.2, 0.25) is 0 Å². The van der Waals surface area contributed by atoms with Crippen LogP contribution in [0.1, 0.15) is 29.5 Å². The van der Waals surface area contributed by atoms with Gasteiger partial charge in [0.05, 0.1) is 0 Å². The summed E-state index contributed by atoms with van der Waals surface area (Å²) in [5, 5.41) is 8.73. The van der Waals surface area contributed by atoms with Gasteiger partial charge in [0.1, 0.15) is 11.9 Å². The van der Waals surface area contributed by atoms with Gasteiger partial charge in [-0.1, -0.05) is 12.1 Å². The first-order valence-corrected chi connectivity index (χ1v) is 5.87. The Morgan fingerprint density at radius 1 is 1.41 bits per heavy atom. The summed E-state index contributed by atoms with van der Waals surface area (Å²) in [6, 6.07) is 2.54. The lowest BCUT2D eigenvalue weighted by Crippen LogP contribution is -2.32. The average molecular weight is 237 g/mol. The Hall–Kier alpha value is -1.42. The molecule has 0 aromatic heterocycles. The second-order valence-corrected chi connectivity index (χ2v) is 4.53. The monoisotopic (exact) mass is 237 g/mol. The molecule has 0 aliphatic heterocycles. The summed E-state index contributed by atoms with van der Waals surface area (Å²) in [5.74, 6) is -1.35.